The number of hydrogen-bond acceptors (Lipinski definition) is 2. The molecule has 0 atom stereocenters. The van der Waals surface area contributed by atoms with E-state index in [4.69, 9.17) is 0 Å². The summed E-state index contributed by atoms with van der Waals surface area (Å²) in [6, 6.07) is 6.24. The van der Waals surface area contributed by atoms with Gasteiger partial charge >= 0.3 is 0 Å². The Kier molecular flexibility index (Phi) is 2.80. The predicted octanol–water partition coefficient (Wildman–Crippen LogP) is 2.86. The van der Waals surface area contributed by atoms with Crippen LogP contribution in [0.3, 0.4) is 0 Å². The second-order valence-electron chi connectivity index (χ2n) is 6.17. The fourth-order valence-electron chi connectivity index (χ4n) is 3.26. The third-order valence-corrected chi connectivity index (χ3v) is 4.66. The summed E-state index contributed by atoms with van der Waals surface area (Å²) in [7, 11) is 0. The number of nitrogens with one attached hydrogen (secondary N) is 1. The molecule has 2 saturated carbocycles. The highest BCUT2D eigenvalue weighted by molar-refractivity contribution is 5.53. The van der Waals surface area contributed by atoms with Crippen LogP contribution in [0.15, 0.2) is 30.6 Å². The van der Waals surface area contributed by atoms with Gasteiger partial charge in [-0.3, -0.25) is 0 Å². The molecule has 2 aromatic rings. The van der Waals surface area contributed by atoms with Crippen molar-refractivity contribution in [1.29, 1.82) is 0 Å². The highest BCUT2D eigenvalue weighted by atomic mass is 15.2. The summed E-state index contributed by atoms with van der Waals surface area (Å²) >= 11 is 0. The van der Waals surface area contributed by atoms with E-state index in [2.05, 4.69) is 22.5 Å². The average Bonchev–Trinajstić information content (AvgIpc) is 3.34. The van der Waals surface area contributed by atoms with Crippen LogP contribution in [-0.2, 0) is 6.54 Å². The first-order valence-corrected chi connectivity index (χ1v) is 7.54. The molecule has 4 rings (SSSR count). The van der Waals surface area contributed by atoms with Crippen molar-refractivity contribution in [2.75, 3.05) is 6.54 Å². The Balaban J connectivity index is 1.39. The van der Waals surface area contributed by atoms with Gasteiger partial charge in [-0.25, -0.2) is 4.52 Å². The molecule has 0 aliphatic heterocycles. The Labute approximate surface area is 114 Å². The van der Waals surface area contributed by atoms with Crippen molar-refractivity contribution in [1.82, 2.24) is 14.9 Å². The normalized spacial score (nSPS) is 19.4. The van der Waals surface area contributed by atoms with Crippen molar-refractivity contribution in [3.05, 3.63) is 36.2 Å². The van der Waals surface area contributed by atoms with E-state index in [1.54, 1.807) is 0 Å². The van der Waals surface area contributed by atoms with E-state index in [0.717, 1.165) is 24.3 Å². The molecule has 1 N–H and O–H groups in total. The van der Waals surface area contributed by atoms with Gasteiger partial charge in [0, 0.05) is 18.3 Å². The largest absolute Gasteiger partial charge is 0.312 e. The van der Waals surface area contributed by atoms with Crippen LogP contribution in [-0.4, -0.2) is 16.2 Å². The molecule has 2 aromatic heterocycles. The molecule has 3 nitrogen and oxygen atoms in total. The molecule has 0 saturated heterocycles. The lowest BCUT2D eigenvalue weighted by Gasteiger charge is -2.15. The minimum Gasteiger partial charge on any atom is -0.312 e. The van der Waals surface area contributed by atoms with Crippen LogP contribution in [0.4, 0.5) is 0 Å². The first-order valence-electron chi connectivity index (χ1n) is 7.54. The fourth-order valence-corrected chi connectivity index (χ4v) is 3.26. The number of nitrogens with zero attached hydrogens (tertiary/aromatic N) is 2. The first-order chi connectivity index (χ1) is 9.42. The molecule has 0 radical (unpaired) electrons. The maximum atomic E-state index is 4.39. The van der Waals surface area contributed by atoms with E-state index in [1.165, 1.54) is 43.3 Å². The van der Waals surface area contributed by atoms with E-state index in [9.17, 15) is 0 Å². The quantitative estimate of drug-likeness (QED) is 0.860. The molecular weight excluding hydrogens is 234 g/mol. The molecular formula is C16H21N3. The number of aromatic nitrogens is 2. The van der Waals surface area contributed by atoms with Gasteiger partial charge < -0.3 is 5.32 Å². The van der Waals surface area contributed by atoms with Crippen molar-refractivity contribution in [2.24, 2.45) is 17.8 Å². The Morgan fingerprint density at radius 1 is 1.21 bits per heavy atom. The Hall–Kier alpha value is -1.35. The standard InChI is InChI=1S/C16H21N3/c1-2-8-19-16(3-1)14(10-18-19)9-17-11-15(12-4-5-12)13-6-7-13/h1-3,8,10,12-13,15,17H,4-7,9,11H2. The Bertz CT molecular complexity index is 554. The molecule has 0 aromatic carbocycles. The zero-order valence-electron chi connectivity index (χ0n) is 11.3. The Morgan fingerprint density at radius 3 is 2.74 bits per heavy atom. The van der Waals surface area contributed by atoms with E-state index < -0.39 is 0 Å². The van der Waals surface area contributed by atoms with Crippen LogP contribution >= 0.6 is 0 Å². The summed E-state index contributed by atoms with van der Waals surface area (Å²) in [5.41, 5.74) is 2.54. The first kappa shape index (κ1) is 11.5. The van der Waals surface area contributed by atoms with Gasteiger partial charge in [0.1, 0.15) is 0 Å². The highest BCUT2D eigenvalue weighted by Crippen LogP contribution is 2.48. The van der Waals surface area contributed by atoms with E-state index in [1.807, 2.05) is 23.0 Å². The second kappa shape index (κ2) is 4.64. The topological polar surface area (TPSA) is 29.3 Å². The van der Waals surface area contributed by atoms with E-state index in [-0.39, 0.29) is 0 Å². The molecule has 100 valence electrons. The minimum absolute atomic E-state index is 0.946. The van der Waals surface area contributed by atoms with Gasteiger partial charge in [-0.2, -0.15) is 5.10 Å². The van der Waals surface area contributed by atoms with Crippen molar-refractivity contribution in [3.63, 3.8) is 0 Å². The maximum Gasteiger partial charge on any atom is 0.0706 e. The van der Waals surface area contributed by atoms with E-state index in [0.29, 0.717) is 0 Å². The fraction of sp³-hybridized carbons (Fsp3) is 0.562. The van der Waals surface area contributed by atoms with Crippen LogP contribution < -0.4 is 5.32 Å². The molecule has 2 fully saturated rings. The number of hydrogen-bond donors (Lipinski definition) is 1. The lowest BCUT2D eigenvalue weighted by atomic mass is 9.98. The lowest BCUT2D eigenvalue weighted by molar-refractivity contribution is 0.379. The summed E-state index contributed by atoms with van der Waals surface area (Å²) in [5, 5.41) is 8.06. The van der Waals surface area contributed by atoms with E-state index >= 15 is 0 Å². The zero-order valence-corrected chi connectivity index (χ0v) is 11.3. The van der Waals surface area contributed by atoms with Crippen molar-refractivity contribution in [2.45, 2.75) is 32.2 Å². The van der Waals surface area contributed by atoms with Gasteiger partial charge in [0.05, 0.1) is 11.7 Å². The maximum absolute atomic E-state index is 4.39. The minimum atomic E-state index is 0.946. The smallest absolute Gasteiger partial charge is 0.0706 e. The van der Waals surface area contributed by atoms with Crippen molar-refractivity contribution in [3.8, 4) is 0 Å². The molecule has 19 heavy (non-hydrogen) atoms. The number of rotatable bonds is 6. The Morgan fingerprint density at radius 2 is 2.00 bits per heavy atom. The summed E-state index contributed by atoms with van der Waals surface area (Å²) in [5.74, 6) is 3.01. The van der Waals surface area contributed by atoms with Gasteiger partial charge in [0.25, 0.3) is 0 Å². The molecule has 2 heterocycles. The van der Waals surface area contributed by atoms with Gasteiger partial charge in [-0.1, -0.05) is 6.07 Å². The second-order valence-corrected chi connectivity index (χ2v) is 6.17. The third-order valence-electron chi connectivity index (χ3n) is 4.66. The molecule has 2 aliphatic rings. The third kappa shape index (κ3) is 2.39. The van der Waals surface area contributed by atoms with Crippen LogP contribution in [0.5, 0.6) is 0 Å². The SMILES string of the molecule is c1ccn2ncc(CNCC(C3CC3)C3CC3)c2c1. The lowest BCUT2D eigenvalue weighted by Crippen LogP contribution is -2.25. The average molecular weight is 255 g/mol. The van der Waals surface area contributed by atoms with Gasteiger partial charge in [0.15, 0.2) is 0 Å². The summed E-state index contributed by atoms with van der Waals surface area (Å²) in [4.78, 5) is 0. The molecule has 2 aliphatic carbocycles. The molecule has 0 spiro atoms. The monoisotopic (exact) mass is 255 g/mol. The summed E-state index contributed by atoms with van der Waals surface area (Å²) in [6.07, 6.45) is 9.89. The predicted molar refractivity (Wildman–Crippen MR) is 75.8 cm³/mol. The van der Waals surface area contributed by atoms with Gasteiger partial charge in [-0.05, 0) is 62.1 Å². The highest BCUT2D eigenvalue weighted by Gasteiger charge is 2.40. The van der Waals surface area contributed by atoms with Gasteiger partial charge in [0.2, 0.25) is 0 Å². The number of fused-ring (bicyclic) bond motifs is 1. The van der Waals surface area contributed by atoms with Gasteiger partial charge in [-0.15, -0.1) is 0 Å². The molecule has 3 heteroatoms. The summed E-state index contributed by atoms with van der Waals surface area (Å²) in [6.45, 7) is 2.14. The summed E-state index contributed by atoms with van der Waals surface area (Å²) < 4.78 is 1.95. The van der Waals surface area contributed by atoms with Crippen LogP contribution in [0, 0.1) is 17.8 Å². The zero-order chi connectivity index (χ0) is 12.7. The molecule has 0 unspecified atom stereocenters. The molecule has 0 amide bonds. The number of pyridine rings is 1. The van der Waals surface area contributed by atoms with Crippen molar-refractivity contribution >= 4 is 5.52 Å². The molecule has 0 bridgehead atoms. The van der Waals surface area contributed by atoms with Crippen LogP contribution in [0.25, 0.3) is 5.52 Å². The van der Waals surface area contributed by atoms with Crippen molar-refractivity contribution < 1.29 is 0 Å². The van der Waals surface area contributed by atoms with Crippen LogP contribution in [0.1, 0.15) is 31.2 Å². The van der Waals surface area contributed by atoms with Crippen LogP contribution in [0.2, 0.25) is 0 Å².